The zero-order chi connectivity index (χ0) is 7.11. The monoisotopic (exact) mass is 126 g/mol. The number of hydrogen-bond donors (Lipinski definition) is 1. The number of carbonyl (C=O) groups is 1. The van der Waals surface area contributed by atoms with Crippen LogP contribution in [0.1, 0.15) is 19.8 Å². The van der Waals surface area contributed by atoms with Gasteiger partial charge in [-0.05, 0) is 12.8 Å². The summed E-state index contributed by atoms with van der Waals surface area (Å²) in [5, 5.41) is 0. The second-order valence-electron chi connectivity index (χ2n) is 2.12. The van der Waals surface area contributed by atoms with Crippen LogP contribution in [0.3, 0.4) is 0 Å². The van der Waals surface area contributed by atoms with Crippen LogP contribution in [0, 0.1) is 0 Å². The Morgan fingerprint density at radius 2 is 2.44 bits per heavy atom. The number of rotatable bonds is 5. The summed E-state index contributed by atoms with van der Waals surface area (Å²) in [6.07, 6.45) is 3.56. The van der Waals surface area contributed by atoms with Crippen molar-refractivity contribution in [3.05, 3.63) is 0 Å². The molecule has 0 aliphatic rings. The van der Waals surface area contributed by atoms with Crippen LogP contribution in [0.4, 0.5) is 0 Å². The molecule has 0 saturated carbocycles. The van der Waals surface area contributed by atoms with Gasteiger partial charge in [-0.25, -0.2) is 0 Å². The Hall–Kier alpha value is -0.305. The third-order valence-electron chi connectivity index (χ3n) is 1.32. The van der Waals surface area contributed by atoms with E-state index < -0.39 is 0 Å². The molecule has 0 spiro atoms. The predicted octanol–water partition coefficient (Wildman–Crippen LogP) is 0.426. The maximum Gasteiger partial charge on any atom is 0.197 e. The van der Waals surface area contributed by atoms with E-state index in [1.165, 1.54) is 0 Å². The largest absolute Gasteiger partial charge is 0.328 e. The van der Waals surface area contributed by atoms with Crippen molar-refractivity contribution in [3.8, 4) is 0 Å². The predicted molar refractivity (Wildman–Crippen MR) is 40.2 cm³/mol. The summed E-state index contributed by atoms with van der Waals surface area (Å²) in [7, 11) is 1.61. The van der Waals surface area contributed by atoms with Crippen LogP contribution in [0.15, 0.2) is 0 Å². The molecule has 0 aromatic heterocycles. The lowest BCUT2D eigenvalue weighted by atomic mass is 9.75. The van der Waals surface area contributed by atoms with Crippen molar-refractivity contribution in [1.82, 2.24) is 0 Å². The van der Waals surface area contributed by atoms with Gasteiger partial charge in [0.2, 0.25) is 0 Å². The Kier molecular flexibility index (Phi) is 5.63. The fourth-order valence-electron chi connectivity index (χ4n) is 0.582. The second kappa shape index (κ2) is 5.82. The molecule has 1 radical (unpaired) electrons. The normalized spacial score (nSPS) is 12.7. The van der Waals surface area contributed by atoms with Gasteiger partial charge in [0.15, 0.2) is 7.28 Å². The Labute approximate surface area is 57.1 Å². The molecule has 0 rings (SSSR count). The van der Waals surface area contributed by atoms with E-state index in [4.69, 9.17) is 5.73 Å². The summed E-state index contributed by atoms with van der Waals surface area (Å²) in [6, 6.07) is 0.265. The fourth-order valence-corrected chi connectivity index (χ4v) is 0.582. The first-order valence-electron chi connectivity index (χ1n) is 3.33. The highest BCUT2D eigenvalue weighted by Crippen LogP contribution is 1.96. The lowest BCUT2D eigenvalue weighted by Crippen LogP contribution is -2.18. The van der Waals surface area contributed by atoms with Gasteiger partial charge in [0.1, 0.15) is 0 Å². The molecule has 3 heteroatoms. The second-order valence-corrected chi connectivity index (χ2v) is 2.12. The van der Waals surface area contributed by atoms with Gasteiger partial charge < -0.3 is 10.5 Å². The molecule has 2 N–H and O–H groups in total. The first-order valence-corrected chi connectivity index (χ1v) is 3.33. The maximum atomic E-state index is 9.78. The highest BCUT2D eigenvalue weighted by molar-refractivity contribution is 6.66. The minimum absolute atomic E-state index is 0.265. The summed E-state index contributed by atoms with van der Waals surface area (Å²) in [5.74, 6) is 0. The van der Waals surface area contributed by atoms with E-state index in [0.29, 0.717) is 0 Å². The molecule has 0 heterocycles. The highest BCUT2D eigenvalue weighted by Gasteiger charge is 1.97. The lowest BCUT2D eigenvalue weighted by molar-refractivity contribution is 0.567. The van der Waals surface area contributed by atoms with E-state index >= 15 is 0 Å². The maximum absolute atomic E-state index is 9.78. The molecule has 0 saturated heterocycles. The molecule has 0 aromatic rings. The highest BCUT2D eigenvalue weighted by atomic mass is 16.1. The average molecular weight is 126 g/mol. The molecule has 0 aliphatic heterocycles. The summed E-state index contributed by atoms with van der Waals surface area (Å²) < 4.78 is 0. The van der Waals surface area contributed by atoms with Crippen LogP contribution < -0.4 is 5.73 Å². The van der Waals surface area contributed by atoms with Crippen LogP contribution >= 0.6 is 0 Å². The first-order chi connectivity index (χ1) is 4.31. The minimum Gasteiger partial charge on any atom is -0.328 e. The third-order valence-corrected chi connectivity index (χ3v) is 1.32. The average Bonchev–Trinajstić information content (AvgIpc) is 1.89. The number of hydrogen-bond acceptors (Lipinski definition) is 2. The van der Waals surface area contributed by atoms with Crippen molar-refractivity contribution in [2.24, 2.45) is 5.73 Å². The van der Waals surface area contributed by atoms with Gasteiger partial charge in [0, 0.05) is 6.04 Å². The zero-order valence-corrected chi connectivity index (χ0v) is 5.84. The number of nitrogens with two attached hydrogens (primary N) is 1. The molecule has 0 fully saturated rings. The Morgan fingerprint density at radius 1 is 1.78 bits per heavy atom. The standard InChI is InChI=1S/C6H13BNO/c1-2-6(8)3-4-7-5-9/h5-6H,2-4,8H2,1H3/t6-/m1/s1. The summed E-state index contributed by atoms with van der Waals surface area (Å²) >= 11 is 0. The lowest BCUT2D eigenvalue weighted by Gasteiger charge is -2.04. The van der Waals surface area contributed by atoms with Crippen molar-refractivity contribution >= 4 is 13.5 Å². The Balaban J connectivity index is 2.96. The van der Waals surface area contributed by atoms with Crippen LogP contribution in [-0.2, 0) is 4.79 Å². The number of carbonyl (C=O) groups excluding carboxylic acids is 1. The van der Waals surface area contributed by atoms with E-state index in [1.54, 1.807) is 7.28 Å². The van der Waals surface area contributed by atoms with Gasteiger partial charge in [0.25, 0.3) is 0 Å². The van der Waals surface area contributed by atoms with Gasteiger partial charge in [-0.3, -0.25) is 0 Å². The molecule has 0 amide bonds. The van der Waals surface area contributed by atoms with Gasteiger partial charge in [-0.2, -0.15) is 0 Å². The zero-order valence-electron chi connectivity index (χ0n) is 5.84. The SMILES string of the molecule is CC[C@@H](N)CC[B]C=O. The van der Waals surface area contributed by atoms with Crippen molar-refractivity contribution in [1.29, 1.82) is 0 Å². The molecule has 2 nitrogen and oxygen atoms in total. The van der Waals surface area contributed by atoms with Gasteiger partial charge in [-0.15, -0.1) is 0 Å². The quantitative estimate of drug-likeness (QED) is 0.329. The molecule has 9 heavy (non-hydrogen) atoms. The van der Waals surface area contributed by atoms with E-state index in [0.717, 1.165) is 25.3 Å². The summed E-state index contributed by atoms with van der Waals surface area (Å²) in [4.78, 5) is 9.78. The van der Waals surface area contributed by atoms with E-state index in [9.17, 15) is 4.79 Å². The Morgan fingerprint density at radius 3 is 2.89 bits per heavy atom. The molecular weight excluding hydrogens is 113 g/mol. The van der Waals surface area contributed by atoms with E-state index in [-0.39, 0.29) is 6.04 Å². The van der Waals surface area contributed by atoms with E-state index in [1.807, 2.05) is 6.92 Å². The van der Waals surface area contributed by atoms with Crippen LogP contribution in [0.5, 0.6) is 0 Å². The van der Waals surface area contributed by atoms with Crippen molar-refractivity contribution in [2.45, 2.75) is 32.1 Å². The third kappa shape index (κ3) is 5.57. The summed E-state index contributed by atoms with van der Waals surface area (Å²) in [5.41, 5.74) is 5.58. The smallest absolute Gasteiger partial charge is 0.197 e. The molecule has 51 valence electrons. The van der Waals surface area contributed by atoms with Crippen molar-refractivity contribution in [3.63, 3.8) is 0 Å². The van der Waals surface area contributed by atoms with Crippen molar-refractivity contribution in [2.75, 3.05) is 0 Å². The molecule has 1 atom stereocenters. The topological polar surface area (TPSA) is 43.1 Å². The van der Waals surface area contributed by atoms with Gasteiger partial charge >= 0.3 is 0 Å². The molecule has 0 unspecified atom stereocenters. The van der Waals surface area contributed by atoms with Crippen LogP contribution in [0.25, 0.3) is 0 Å². The molecule has 0 aliphatic carbocycles. The summed E-state index contributed by atoms with van der Waals surface area (Å²) in [6.45, 7) is 2.05. The fraction of sp³-hybridized carbons (Fsp3) is 0.833. The first kappa shape index (κ1) is 8.69. The van der Waals surface area contributed by atoms with Crippen LogP contribution in [0.2, 0.25) is 6.32 Å². The van der Waals surface area contributed by atoms with Crippen LogP contribution in [-0.4, -0.2) is 19.5 Å². The molecule has 0 aromatic carbocycles. The van der Waals surface area contributed by atoms with Crippen molar-refractivity contribution < 1.29 is 4.79 Å². The minimum atomic E-state index is 0.265. The van der Waals surface area contributed by atoms with E-state index in [2.05, 4.69) is 0 Å². The Bertz CT molecular complexity index is 77.5. The molecular formula is C6H13BNO. The molecule has 0 bridgehead atoms. The van der Waals surface area contributed by atoms with Gasteiger partial charge in [-0.1, -0.05) is 13.2 Å². The van der Waals surface area contributed by atoms with Gasteiger partial charge in [0.05, 0.1) is 6.19 Å².